The fourth-order valence-corrected chi connectivity index (χ4v) is 6.18. The van der Waals surface area contributed by atoms with Crippen LogP contribution in [0.5, 0.6) is 0 Å². The van der Waals surface area contributed by atoms with Crippen LogP contribution in [0.4, 0.5) is 0 Å². The van der Waals surface area contributed by atoms with Crippen LogP contribution >= 0.6 is 0 Å². The molecule has 0 bridgehead atoms. The van der Waals surface area contributed by atoms with E-state index in [1.807, 2.05) is 0 Å². The average molecular weight is 577 g/mol. The molecule has 0 aliphatic heterocycles. The summed E-state index contributed by atoms with van der Waals surface area (Å²) < 4.78 is 0. The third-order valence-electron chi connectivity index (χ3n) is 7.79. The van der Waals surface area contributed by atoms with Crippen molar-refractivity contribution in [2.45, 2.75) is 52.4 Å². The second kappa shape index (κ2) is 11.6. The van der Waals surface area contributed by atoms with Crippen molar-refractivity contribution >= 4 is 0 Å². The maximum Gasteiger partial charge on any atom is 2.00 e. The standard InChI is InChI=1S/C32H30.2ClH.Zr/c1-3-21-13-15-29-25-11-7-5-9-23(25)19-31(29)27(21)17-18-28-22(4-2)14-16-30-26-12-8-6-10-24(26)20-32(28)30;;;/h5-16H,3-4,17-20H2,1-2H3;2*1H;/q;;;+2/p-2. The summed E-state index contributed by atoms with van der Waals surface area (Å²) in [5, 5.41) is 0. The average Bonchev–Trinajstić information content (AvgIpc) is 3.40. The van der Waals surface area contributed by atoms with E-state index >= 15 is 0 Å². The van der Waals surface area contributed by atoms with Crippen LogP contribution in [-0.4, -0.2) is 0 Å². The molecule has 0 nitrogen and oxygen atoms in total. The van der Waals surface area contributed by atoms with E-state index in [-0.39, 0.29) is 51.0 Å². The number of fused-ring (bicyclic) bond motifs is 6. The molecule has 0 amide bonds. The quantitative estimate of drug-likeness (QED) is 0.294. The minimum Gasteiger partial charge on any atom is -1.00 e. The molecule has 0 saturated carbocycles. The van der Waals surface area contributed by atoms with Crippen molar-refractivity contribution in [2.24, 2.45) is 0 Å². The summed E-state index contributed by atoms with van der Waals surface area (Å²) in [5.41, 5.74) is 18.2. The molecule has 0 radical (unpaired) electrons. The van der Waals surface area contributed by atoms with Crippen molar-refractivity contribution in [3.8, 4) is 22.3 Å². The first-order chi connectivity index (χ1) is 15.8. The largest absolute Gasteiger partial charge is 2.00 e. The van der Waals surface area contributed by atoms with Gasteiger partial charge < -0.3 is 24.8 Å². The van der Waals surface area contributed by atoms with E-state index in [0.717, 1.165) is 38.5 Å². The van der Waals surface area contributed by atoms with Gasteiger partial charge in [0.2, 0.25) is 0 Å². The first-order valence-corrected chi connectivity index (χ1v) is 12.2. The number of aryl methyl sites for hydroxylation is 2. The van der Waals surface area contributed by atoms with Crippen LogP contribution in [0.1, 0.15) is 58.4 Å². The van der Waals surface area contributed by atoms with Gasteiger partial charge in [-0.3, -0.25) is 0 Å². The van der Waals surface area contributed by atoms with Crippen LogP contribution < -0.4 is 24.8 Å². The fraction of sp³-hybridized carbons (Fsp3) is 0.250. The Labute approximate surface area is 241 Å². The number of rotatable bonds is 5. The summed E-state index contributed by atoms with van der Waals surface area (Å²) >= 11 is 0. The summed E-state index contributed by atoms with van der Waals surface area (Å²) in [7, 11) is 0. The molecule has 0 aromatic heterocycles. The Kier molecular flexibility index (Phi) is 9.25. The maximum atomic E-state index is 2.39. The molecule has 0 heterocycles. The topological polar surface area (TPSA) is 0 Å². The van der Waals surface area contributed by atoms with Gasteiger partial charge >= 0.3 is 26.2 Å². The predicted molar refractivity (Wildman–Crippen MR) is 136 cm³/mol. The molecule has 176 valence electrons. The summed E-state index contributed by atoms with van der Waals surface area (Å²) in [6.07, 6.45) is 6.68. The smallest absolute Gasteiger partial charge is 1.00 e. The monoisotopic (exact) mass is 574 g/mol. The Morgan fingerprint density at radius 3 is 1.31 bits per heavy atom. The van der Waals surface area contributed by atoms with Crippen LogP contribution in [0.25, 0.3) is 22.3 Å². The predicted octanol–water partition coefficient (Wildman–Crippen LogP) is 1.74. The summed E-state index contributed by atoms with van der Waals surface area (Å²) in [6.45, 7) is 4.61. The van der Waals surface area contributed by atoms with Gasteiger partial charge in [-0.15, -0.1) is 0 Å². The zero-order valence-electron chi connectivity index (χ0n) is 20.4. The molecule has 35 heavy (non-hydrogen) atoms. The molecule has 6 rings (SSSR count). The van der Waals surface area contributed by atoms with Gasteiger partial charge in [0.05, 0.1) is 0 Å². The van der Waals surface area contributed by atoms with E-state index in [0.29, 0.717) is 0 Å². The summed E-state index contributed by atoms with van der Waals surface area (Å²) in [5.74, 6) is 0. The molecule has 2 aliphatic carbocycles. The van der Waals surface area contributed by atoms with Gasteiger partial charge in [0.1, 0.15) is 0 Å². The van der Waals surface area contributed by atoms with E-state index in [2.05, 4.69) is 86.6 Å². The van der Waals surface area contributed by atoms with Crippen molar-refractivity contribution in [1.82, 2.24) is 0 Å². The first kappa shape index (κ1) is 27.9. The van der Waals surface area contributed by atoms with Gasteiger partial charge in [-0.25, -0.2) is 0 Å². The summed E-state index contributed by atoms with van der Waals surface area (Å²) in [6, 6.07) is 27.5. The van der Waals surface area contributed by atoms with Crippen LogP contribution in [0.2, 0.25) is 0 Å². The molecule has 0 fully saturated rings. The Bertz CT molecular complexity index is 1250. The third kappa shape index (κ3) is 4.73. The maximum absolute atomic E-state index is 2.39. The zero-order chi connectivity index (χ0) is 21.7. The van der Waals surface area contributed by atoms with E-state index < -0.39 is 0 Å². The Morgan fingerprint density at radius 2 is 0.914 bits per heavy atom. The third-order valence-corrected chi connectivity index (χ3v) is 7.79. The van der Waals surface area contributed by atoms with Crippen molar-refractivity contribution in [2.75, 3.05) is 0 Å². The van der Waals surface area contributed by atoms with Gasteiger partial charge in [0.25, 0.3) is 0 Å². The molecule has 2 aliphatic rings. The van der Waals surface area contributed by atoms with Crippen molar-refractivity contribution in [3.05, 3.63) is 117 Å². The zero-order valence-corrected chi connectivity index (χ0v) is 24.4. The number of halogens is 2. The molecule has 0 N–H and O–H groups in total. The number of benzene rings is 4. The molecular weight excluding hydrogens is 546 g/mol. The van der Waals surface area contributed by atoms with Gasteiger partial charge in [0.15, 0.2) is 0 Å². The second-order valence-electron chi connectivity index (χ2n) is 9.33. The molecule has 0 unspecified atom stereocenters. The molecular formula is C32H30Cl2Zr. The van der Waals surface area contributed by atoms with Crippen LogP contribution in [-0.2, 0) is 64.7 Å². The van der Waals surface area contributed by atoms with Crippen LogP contribution in [0.15, 0.2) is 72.8 Å². The van der Waals surface area contributed by atoms with Crippen LogP contribution in [0.3, 0.4) is 0 Å². The number of hydrogen-bond acceptors (Lipinski definition) is 0. The minimum absolute atomic E-state index is 0. The van der Waals surface area contributed by atoms with Crippen LogP contribution in [0, 0.1) is 0 Å². The first-order valence-electron chi connectivity index (χ1n) is 12.2. The van der Waals surface area contributed by atoms with Gasteiger partial charge in [-0.05, 0) is 105 Å². The molecule has 0 atom stereocenters. The fourth-order valence-electron chi connectivity index (χ4n) is 6.18. The van der Waals surface area contributed by atoms with E-state index in [1.54, 1.807) is 22.3 Å². The molecule has 4 aromatic rings. The normalized spacial score (nSPS) is 11.8. The second-order valence-corrected chi connectivity index (χ2v) is 9.33. The van der Waals surface area contributed by atoms with Crippen molar-refractivity contribution in [3.63, 3.8) is 0 Å². The Morgan fingerprint density at radius 1 is 0.514 bits per heavy atom. The van der Waals surface area contributed by atoms with Gasteiger partial charge in [0, 0.05) is 0 Å². The van der Waals surface area contributed by atoms with E-state index in [1.165, 1.54) is 44.5 Å². The molecule has 4 aromatic carbocycles. The molecule has 0 spiro atoms. The van der Waals surface area contributed by atoms with Crippen molar-refractivity contribution < 1.29 is 51.0 Å². The Balaban J connectivity index is 0.00000114. The van der Waals surface area contributed by atoms with Gasteiger partial charge in [-0.2, -0.15) is 0 Å². The minimum atomic E-state index is 0. The SMILES string of the molecule is CCc1ccc2c(c1CCc1c(CC)ccc3c1Cc1ccccc1-3)Cc1ccccc1-2.[Cl-].[Cl-].[Zr+2]. The van der Waals surface area contributed by atoms with E-state index in [4.69, 9.17) is 0 Å². The van der Waals surface area contributed by atoms with Crippen molar-refractivity contribution in [1.29, 1.82) is 0 Å². The summed E-state index contributed by atoms with van der Waals surface area (Å²) in [4.78, 5) is 0. The molecule has 3 heteroatoms. The molecule has 0 saturated heterocycles. The number of hydrogen-bond donors (Lipinski definition) is 0. The Hall–Kier alpha value is -1.66. The van der Waals surface area contributed by atoms with Gasteiger partial charge in [-0.1, -0.05) is 86.6 Å². The van der Waals surface area contributed by atoms with E-state index in [9.17, 15) is 0 Å².